The Morgan fingerprint density at radius 2 is 1.61 bits per heavy atom. The minimum absolute atomic E-state index is 0.0877. The van der Waals surface area contributed by atoms with Gasteiger partial charge in [-0.1, -0.05) is 13.8 Å². The first-order valence-corrected chi connectivity index (χ1v) is 6.88. The summed E-state index contributed by atoms with van der Waals surface area (Å²) in [6, 6.07) is 5.40. The Hall–Kier alpha value is -2.36. The summed E-state index contributed by atoms with van der Waals surface area (Å²) in [6.07, 6.45) is -4.51. The number of nitrogens with zero attached hydrogens (tertiary/aromatic N) is 2. The summed E-state index contributed by atoms with van der Waals surface area (Å²) in [5, 5.41) is 9.20. The number of alkyl halides is 3. The van der Waals surface area contributed by atoms with Gasteiger partial charge in [-0.15, -0.1) is 0 Å². The molecule has 0 radical (unpaired) electrons. The quantitative estimate of drug-likeness (QED) is 0.852. The first-order valence-electron chi connectivity index (χ1n) is 6.88. The molecule has 0 bridgehead atoms. The highest BCUT2D eigenvalue weighted by molar-refractivity contribution is 6.06. The summed E-state index contributed by atoms with van der Waals surface area (Å²) < 4.78 is 37.7. The molecule has 0 fully saturated rings. The molecular weight excluding hydrogens is 309 g/mol. The molecule has 2 amide bonds. The van der Waals surface area contributed by atoms with Crippen LogP contribution in [0.4, 0.5) is 13.2 Å². The number of halogens is 3. The fraction of sp³-hybridized carbons (Fsp3) is 0.438. The zero-order valence-electron chi connectivity index (χ0n) is 13.2. The van der Waals surface area contributed by atoms with E-state index in [4.69, 9.17) is 0 Å². The molecule has 0 saturated heterocycles. The summed E-state index contributed by atoms with van der Waals surface area (Å²) in [5.41, 5.74) is -2.40. The third-order valence-electron chi connectivity index (χ3n) is 3.21. The molecule has 1 rings (SSSR count). The molecular formula is C16H17F3N2O2. The van der Waals surface area contributed by atoms with E-state index < -0.39 is 35.0 Å². The lowest BCUT2D eigenvalue weighted by Gasteiger charge is -2.32. The molecule has 0 aliphatic rings. The van der Waals surface area contributed by atoms with Crippen LogP contribution in [0, 0.1) is 17.2 Å². The Morgan fingerprint density at radius 3 is 1.96 bits per heavy atom. The molecule has 1 aromatic rings. The lowest BCUT2D eigenvalue weighted by molar-refractivity contribution is -0.138. The van der Waals surface area contributed by atoms with E-state index in [0.29, 0.717) is 0 Å². The van der Waals surface area contributed by atoms with Crippen molar-refractivity contribution in [3.8, 4) is 6.07 Å². The number of hydrogen-bond acceptors (Lipinski definition) is 3. The predicted molar refractivity (Wildman–Crippen MR) is 77.2 cm³/mol. The van der Waals surface area contributed by atoms with Gasteiger partial charge in [0.2, 0.25) is 5.91 Å². The molecule has 0 atom stereocenters. The largest absolute Gasteiger partial charge is 0.416 e. The average Bonchev–Trinajstić information content (AvgIpc) is 2.46. The summed E-state index contributed by atoms with van der Waals surface area (Å²) >= 11 is 0. The lowest BCUT2D eigenvalue weighted by atomic mass is 10.00. The van der Waals surface area contributed by atoms with Crippen LogP contribution in [0.15, 0.2) is 24.3 Å². The smallest absolute Gasteiger partial charge is 0.274 e. The fourth-order valence-electron chi connectivity index (χ4n) is 1.87. The van der Waals surface area contributed by atoms with Gasteiger partial charge in [-0.2, -0.15) is 18.4 Å². The van der Waals surface area contributed by atoms with Crippen LogP contribution in [-0.4, -0.2) is 22.3 Å². The normalized spacial score (nSPS) is 12.0. The molecule has 4 nitrogen and oxygen atoms in total. The maximum Gasteiger partial charge on any atom is 0.416 e. The Balaban J connectivity index is 3.26. The number of imide groups is 1. The van der Waals surface area contributed by atoms with E-state index in [-0.39, 0.29) is 5.56 Å². The van der Waals surface area contributed by atoms with E-state index in [1.165, 1.54) is 13.8 Å². The van der Waals surface area contributed by atoms with Crippen LogP contribution in [0.5, 0.6) is 0 Å². The first kappa shape index (κ1) is 18.7. The van der Waals surface area contributed by atoms with Crippen LogP contribution in [0.3, 0.4) is 0 Å². The predicted octanol–water partition coefficient (Wildman–Crippen LogP) is 3.63. The van der Waals surface area contributed by atoms with Crippen molar-refractivity contribution >= 4 is 11.8 Å². The highest BCUT2D eigenvalue weighted by Crippen LogP contribution is 2.29. The zero-order chi connectivity index (χ0) is 18.0. The van der Waals surface area contributed by atoms with Gasteiger partial charge in [0, 0.05) is 11.5 Å². The summed E-state index contributed by atoms with van der Waals surface area (Å²) in [7, 11) is 0. The van der Waals surface area contributed by atoms with E-state index >= 15 is 0 Å². The number of carbonyl (C=O) groups is 2. The number of benzene rings is 1. The Labute approximate surface area is 132 Å². The summed E-state index contributed by atoms with van der Waals surface area (Å²) in [4.78, 5) is 25.6. The molecule has 0 N–H and O–H groups in total. The summed E-state index contributed by atoms with van der Waals surface area (Å²) in [6.45, 7) is 5.94. The molecule has 0 spiro atoms. The molecule has 0 heterocycles. The van der Waals surface area contributed by atoms with Crippen LogP contribution in [0.1, 0.15) is 43.6 Å². The van der Waals surface area contributed by atoms with Crippen molar-refractivity contribution in [1.29, 1.82) is 5.26 Å². The van der Waals surface area contributed by atoms with Gasteiger partial charge in [0.15, 0.2) is 0 Å². The van der Waals surface area contributed by atoms with Gasteiger partial charge in [-0.25, -0.2) is 0 Å². The Morgan fingerprint density at radius 1 is 1.13 bits per heavy atom. The van der Waals surface area contributed by atoms with Gasteiger partial charge < -0.3 is 0 Å². The minimum Gasteiger partial charge on any atom is -0.274 e. The number of rotatable bonds is 3. The lowest BCUT2D eigenvalue weighted by Crippen LogP contribution is -2.52. The molecule has 1 aromatic carbocycles. The van der Waals surface area contributed by atoms with Crippen LogP contribution >= 0.6 is 0 Å². The van der Waals surface area contributed by atoms with E-state index in [2.05, 4.69) is 0 Å². The van der Waals surface area contributed by atoms with Gasteiger partial charge in [0.1, 0.15) is 5.54 Å². The van der Waals surface area contributed by atoms with Crippen molar-refractivity contribution in [2.45, 2.75) is 39.4 Å². The van der Waals surface area contributed by atoms with Gasteiger partial charge in [0.25, 0.3) is 5.91 Å². The molecule has 23 heavy (non-hydrogen) atoms. The first-order chi connectivity index (χ1) is 10.4. The topological polar surface area (TPSA) is 61.2 Å². The second kappa shape index (κ2) is 6.41. The average molecular weight is 326 g/mol. The fourth-order valence-corrected chi connectivity index (χ4v) is 1.87. The third kappa shape index (κ3) is 4.09. The number of nitriles is 1. The Bertz CT molecular complexity index is 641. The molecule has 0 saturated carbocycles. The van der Waals surface area contributed by atoms with Crippen molar-refractivity contribution in [3.63, 3.8) is 0 Å². The van der Waals surface area contributed by atoms with Gasteiger partial charge >= 0.3 is 6.18 Å². The highest BCUT2D eigenvalue weighted by atomic mass is 19.4. The zero-order valence-corrected chi connectivity index (χ0v) is 13.2. The summed E-state index contributed by atoms with van der Waals surface area (Å²) in [5.74, 6) is -1.91. The van der Waals surface area contributed by atoms with Crippen LogP contribution in [0.25, 0.3) is 0 Å². The third-order valence-corrected chi connectivity index (χ3v) is 3.21. The number of amides is 2. The molecule has 0 aliphatic carbocycles. The molecule has 7 heteroatoms. The SMILES string of the molecule is CC(C)C(=O)N(C(=O)c1ccc(C(F)(F)F)cc1)C(C)(C)C#N. The van der Waals surface area contributed by atoms with E-state index in [0.717, 1.165) is 29.2 Å². The van der Waals surface area contributed by atoms with E-state index in [1.54, 1.807) is 13.8 Å². The van der Waals surface area contributed by atoms with Gasteiger partial charge in [0.05, 0.1) is 11.6 Å². The maximum absolute atomic E-state index is 12.6. The second-order valence-corrected chi connectivity index (χ2v) is 5.88. The van der Waals surface area contributed by atoms with E-state index in [1.807, 2.05) is 6.07 Å². The molecule has 0 unspecified atom stereocenters. The molecule has 0 aromatic heterocycles. The monoisotopic (exact) mass is 326 g/mol. The van der Waals surface area contributed by atoms with Crippen LogP contribution in [-0.2, 0) is 11.0 Å². The maximum atomic E-state index is 12.6. The van der Waals surface area contributed by atoms with Crippen molar-refractivity contribution in [2.24, 2.45) is 5.92 Å². The van der Waals surface area contributed by atoms with Crippen molar-refractivity contribution in [1.82, 2.24) is 4.90 Å². The van der Waals surface area contributed by atoms with Crippen LogP contribution in [0.2, 0.25) is 0 Å². The van der Waals surface area contributed by atoms with Crippen molar-refractivity contribution in [3.05, 3.63) is 35.4 Å². The number of hydrogen-bond donors (Lipinski definition) is 0. The molecule has 124 valence electrons. The minimum atomic E-state index is -4.51. The second-order valence-electron chi connectivity index (χ2n) is 5.88. The standard InChI is InChI=1S/C16H17F3N2O2/c1-10(2)13(22)21(15(3,4)9-20)14(23)11-5-7-12(8-6-11)16(17,18)19/h5-8,10H,1-4H3. The Kier molecular flexibility index (Phi) is 5.20. The van der Waals surface area contributed by atoms with Gasteiger partial charge in [-0.3, -0.25) is 14.5 Å². The van der Waals surface area contributed by atoms with Crippen LogP contribution < -0.4 is 0 Å². The highest BCUT2D eigenvalue weighted by Gasteiger charge is 2.38. The van der Waals surface area contributed by atoms with Gasteiger partial charge in [-0.05, 0) is 38.1 Å². The van der Waals surface area contributed by atoms with E-state index in [9.17, 15) is 28.0 Å². The van der Waals surface area contributed by atoms with Crippen molar-refractivity contribution < 1.29 is 22.8 Å². The number of carbonyl (C=O) groups excluding carboxylic acids is 2. The molecule has 0 aliphatic heterocycles. The van der Waals surface area contributed by atoms with Crippen molar-refractivity contribution in [2.75, 3.05) is 0 Å².